The van der Waals surface area contributed by atoms with Crippen LogP contribution in [0.3, 0.4) is 0 Å². The van der Waals surface area contributed by atoms with Crippen LogP contribution >= 0.6 is 0 Å². The fraction of sp³-hybridized carbons (Fsp3) is 0.833. The monoisotopic (exact) mass is 238 g/mol. The molecule has 3 fully saturated rings. The predicted molar refractivity (Wildman–Crippen MR) is 60.2 cm³/mol. The number of hydrogen-bond donors (Lipinski definition) is 0. The minimum absolute atomic E-state index is 0.106. The average Bonchev–Trinajstić information content (AvgIpc) is 2.93. The average molecular weight is 238 g/mol. The van der Waals surface area contributed by atoms with Gasteiger partial charge in [0.2, 0.25) is 11.8 Å². The van der Waals surface area contributed by atoms with Crippen LogP contribution in [0.2, 0.25) is 0 Å². The Hall–Kier alpha value is -1.10. The zero-order valence-electron chi connectivity index (χ0n) is 9.93. The normalized spacial score (nSPS) is 32.4. The number of likely N-dealkylation sites (tertiary alicyclic amines) is 2. The minimum atomic E-state index is 0.106. The summed E-state index contributed by atoms with van der Waals surface area (Å²) in [5, 5.41) is 0. The molecule has 0 aliphatic carbocycles. The third kappa shape index (κ3) is 2.04. The summed E-state index contributed by atoms with van der Waals surface area (Å²) >= 11 is 0. The molecule has 2 atom stereocenters. The van der Waals surface area contributed by atoms with Crippen LogP contribution in [0.5, 0.6) is 0 Å². The minimum Gasteiger partial charge on any atom is -0.381 e. The van der Waals surface area contributed by atoms with Gasteiger partial charge in [-0.2, -0.15) is 0 Å². The summed E-state index contributed by atoms with van der Waals surface area (Å²) in [6.07, 6.45) is 1.50. The van der Waals surface area contributed by atoms with Crippen LogP contribution in [0.15, 0.2) is 0 Å². The van der Waals surface area contributed by atoms with Gasteiger partial charge in [0.1, 0.15) is 0 Å². The molecule has 5 nitrogen and oxygen atoms in total. The molecule has 0 saturated carbocycles. The zero-order chi connectivity index (χ0) is 11.8. The van der Waals surface area contributed by atoms with Crippen molar-refractivity contribution in [3.63, 3.8) is 0 Å². The SMILES string of the molecule is O=C1CCCN1CC(=O)N1CC2COCC2C1. The van der Waals surface area contributed by atoms with E-state index in [0.29, 0.717) is 18.3 Å². The van der Waals surface area contributed by atoms with Gasteiger partial charge in [-0.15, -0.1) is 0 Å². The number of ether oxygens (including phenoxy) is 1. The lowest BCUT2D eigenvalue weighted by Gasteiger charge is -2.21. The summed E-state index contributed by atoms with van der Waals surface area (Å²) in [6, 6.07) is 0. The molecule has 0 N–H and O–H groups in total. The quantitative estimate of drug-likeness (QED) is 0.664. The Bertz CT molecular complexity index is 333. The van der Waals surface area contributed by atoms with E-state index in [4.69, 9.17) is 4.74 Å². The molecule has 0 bridgehead atoms. The van der Waals surface area contributed by atoms with Crippen LogP contribution in [0.25, 0.3) is 0 Å². The van der Waals surface area contributed by atoms with Crippen molar-refractivity contribution in [2.45, 2.75) is 12.8 Å². The highest BCUT2D eigenvalue weighted by Gasteiger charge is 2.39. The van der Waals surface area contributed by atoms with Gasteiger partial charge in [-0.05, 0) is 6.42 Å². The van der Waals surface area contributed by atoms with Crippen molar-refractivity contribution >= 4 is 11.8 Å². The van der Waals surface area contributed by atoms with E-state index in [2.05, 4.69) is 0 Å². The molecular formula is C12H18N2O3. The van der Waals surface area contributed by atoms with E-state index in [9.17, 15) is 9.59 Å². The van der Waals surface area contributed by atoms with Crippen LogP contribution in [0.4, 0.5) is 0 Å². The lowest BCUT2D eigenvalue weighted by molar-refractivity contribution is -0.138. The number of nitrogens with zero attached hydrogens (tertiary/aromatic N) is 2. The largest absolute Gasteiger partial charge is 0.381 e. The van der Waals surface area contributed by atoms with Gasteiger partial charge in [-0.25, -0.2) is 0 Å². The molecular weight excluding hydrogens is 220 g/mol. The lowest BCUT2D eigenvalue weighted by atomic mass is 10.0. The molecule has 0 aromatic rings. The number of carbonyl (C=O) groups is 2. The van der Waals surface area contributed by atoms with Crippen LogP contribution in [0.1, 0.15) is 12.8 Å². The first-order valence-electron chi connectivity index (χ1n) is 6.37. The van der Waals surface area contributed by atoms with Gasteiger partial charge in [-0.3, -0.25) is 9.59 Å². The zero-order valence-corrected chi connectivity index (χ0v) is 9.93. The van der Waals surface area contributed by atoms with Gasteiger partial charge in [0, 0.05) is 37.9 Å². The highest BCUT2D eigenvalue weighted by atomic mass is 16.5. The second-order valence-electron chi connectivity index (χ2n) is 5.28. The Morgan fingerprint density at radius 2 is 2.00 bits per heavy atom. The molecule has 2 unspecified atom stereocenters. The Kier molecular flexibility index (Phi) is 2.78. The van der Waals surface area contributed by atoms with E-state index in [-0.39, 0.29) is 18.4 Å². The number of hydrogen-bond acceptors (Lipinski definition) is 3. The predicted octanol–water partition coefficient (Wildman–Crippen LogP) is -0.286. The lowest BCUT2D eigenvalue weighted by Crippen LogP contribution is -2.40. The third-order valence-corrected chi connectivity index (χ3v) is 4.09. The summed E-state index contributed by atoms with van der Waals surface area (Å²) in [4.78, 5) is 27.1. The summed E-state index contributed by atoms with van der Waals surface area (Å²) < 4.78 is 5.39. The van der Waals surface area contributed by atoms with Gasteiger partial charge in [0.25, 0.3) is 0 Å². The van der Waals surface area contributed by atoms with Crippen molar-refractivity contribution in [3.8, 4) is 0 Å². The fourth-order valence-corrected chi connectivity index (χ4v) is 3.03. The van der Waals surface area contributed by atoms with Gasteiger partial charge in [0.15, 0.2) is 0 Å². The van der Waals surface area contributed by atoms with E-state index in [1.165, 1.54) is 0 Å². The van der Waals surface area contributed by atoms with E-state index >= 15 is 0 Å². The van der Waals surface area contributed by atoms with Crippen molar-refractivity contribution < 1.29 is 14.3 Å². The van der Waals surface area contributed by atoms with Crippen LogP contribution in [0, 0.1) is 11.8 Å². The summed E-state index contributed by atoms with van der Waals surface area (Å²) in [6.45, 7) is 4.22. The number of amides is 2. The molecule has 5 heteroatoms. The second-order valence-corrected chi connectivity index (χ2v) is 5.28. The number of rotatable bonds is 2. The summed E-state index contributed by atoms with van der Waals surface area (Å²) in [7, 11) is 0. The standard InChI is InChI=1S/C12H18N2O3/c15-11-2-1-3-13(11)6-12(16)14-4-9-7-17-8-10(9)5-14/h9-10H,1-8H2. The Labute approximate surface area is 101 Å². The van der Waals surface area contributed by atoms with E-state index in [1.807, 2.05) is 4.90 Å². The molecule has 3 saturated heterocycles. The van der Waals surface area contributed by atoms with Gasteiger partial charge in [0.05, 0.1) is 19.8 Å². The van der Waals surface area contributed by atoms with Crippen molar-refractivity contribution in [3.05, 3.63) is 0 Å². The third-order valence-electron chi connectivity index (χ3n) is 4.09. The highest BCUT2D eigenvalue weighted by molar-refractivity contribution is 5.86. The molecule has 0 aromatic heterocycles. The fourth-order valence-electron chi connectivity index (χ4n) is 3.03. The molecule has 94 valence electrons. The first-order chi connectivity index (χ1) is 8.24. The topological polar surface area (TPSA) is 49.9 Å². The molecule has 0 radical (unpaired) electrons. The van der Waals surface area contributed by atoms with Crippen LogP contribution in [-0.4, -0.2) is 61.0 Å². The number of carbonyl (C=O) groups excluding carboxylic acids is 2. The molecule has 0 aromatic carbocycles. The maximum absolute atomic E-state index is 12.1. The molecule has 3 heterocycles. The van der Waals surface area contributed by atoms with Gasteiger partial charge >= 0.3 is 0 Å². The van der Waals surface area contributed by atoms with Gasteiger partial charge < -0.3 is 14.5 Å². The molecule has 3 aliphatic rings. The maximum atomic E-state index is 12.1. The molecule has 2 amide bonds. The van der Waals surface area contributed by atoms with E-state index in [0.717, 1.165) is 39.3 Å². The second kappa shape index (κ2) is 4.29. The van der Waals surface area contributed by atoms with E-state index < -0.39 is 0 Å². The molecule has 0 spiro atoms. The summed E-state index contributed by atoms with van der Waals surface area (Å²) in [5.74, 6) is 1.28. The Morgan fingerprint density at radius 1 is 1.29 bits per heavy atom. The maximum Gasteiger partial charge on any atom is 0.242 e. The Morgan fingerprint density at radius 3 is 2.59 bits per heavy atom. The van der Waals surface area contributed by atoms with Crippen molar-refractivity contribution in [2.24, 2.45) is 11.8 Å². The number of fused-ring (bicyclic) bond motifs is 1. The van der Waals surface area contributed by atoms with Gasteiger partial charge in [-0.1, -0.05) is 0 Å². The first kappa shape index (κ1) is 11.0. The van der Waals surface area contributed by atoms with Crippen LogP contribution in [-0.2, 0) is 14.3 Å². The smallest absolute Gasteiger partial charge is 0.242 e. The Balaban J connectivity index is 1.55. The molecule has 3 rings (SSSR count). The van der Waals surface area contributed by atoms with E-state index in [1.54, 1.807) is 4.90 Å². The molecule has 17 heavy (non-hydrogen) atoms. The first-order valence-corrected chi connectivity index (χ1v) is 6.37. The van der Waals surface area contributed by atoms with Crippen LogP contribution < -0.4 is 0 Å². The van der Waals surface area contributed by atoms with Crippen molar-refractivity contribution in [1.82, 2.24) is 9.80 Å². The van der Waals surface area contributed by atoms with Crippen molar-refractivity contribution in [1.29, 1.82) is 0 Å². The van der Waals surface area contributed by atoms with Crippen molar-refractivity contribution in [2.75, 3.05) is 39.4 Å². The summed E-state index contributed by atoms with van der Waals surface area (Å²) in [5.41, 5.74) is 0. The molecule has 3 aliphatic heterocycles. The highest BCUT2D eigenvalue weighted by Crippen LogP contribution is 2.29.